The fraction of sp³-hybridized carbons (Fsp3) is 0.414. The van der Waals surface area contributed by atoms with Gasteiger partial charge in [0.15, 0.2) is 0 Å². The predicted octanol–water partition coefficient (Wildman–Crippen LogP) is 5.55. The normalized spacial score (nSPS) is 12.9. The summed E-state index contributed by atoms with van der Waals surface area (Å²) >= 11 is 0. The number of hydrogen-bond donors (Lipinski definition) is 2. The molecule has 0 saturated heterocycles. The zero-order chi connectivity index (χ0) is 27.0. The second-order valence-electron chi connectivity index (χ2n) is 10.3. The Labute approximate surface area is 214 Å². The van der Waals surface area contributed by atoms with Gasteiger partial charge >= 0.3 is 6.09 Å². The number of alkyl carbamates (subject to hydrolysis) is 1. The number of nitrogens with one attached hydrogen (secondary N) is 2. The maximum absolute atomic E-state index is 13.9. The van der Waals surface area contributed by atoms with Gasteiger partial charge in [-0.05, 0) is 57.7 Å². The van der Waals surface area contributed by atoms with Crippen LogP contribution in [0.15, 0.2) is 61.2 Å². The van der Waals surface area contributed by atoms with E-state index in [0.717, 1.165) is 11.1 Å². The molecule has 7 heteroatoms. The van der Waals surface area contributed by atoms with Crippen LogP contribution in [0.25, 0.3) is 0 Å². The third kappa shape index (κ3) is 7.97. The van der Waals surface area contributed by atoms with Gasteiger partial charge in [0.25, 0.3) is 5.91 Å². The Morgan fingerprint density at radius 2 is 1.72 bits per heavy atom. The van der Waals surface area contributed by atoms with Crippen LogP contribution in [-0.2, 0) is 14.3 Å². The van der Waals surface area contributed by atoms with E-state index in [1.54, 1.807) is 26.8 Å². The van der Waals surface area contributed by atoms with Crippen LogP contribution in [0.1, 0.15) is 57.4 Å². The fourth-order valence-electron chi connectivity index (χ4n) is 3.82. The molecule has 2 atom stereocenters. The number of ether oxygens (including phenoxy) is 1. The smallest absolute Gasteiger partial charge is 0.408 e. The quantitative estimate of drug-likeness (QED) is 0.449. The lowest BCUT2D eigenvalue weighted by atomic mass is 9.97. The Morgan fingerprint density at radius 3 is 2.28 bits per heavy atom. The second kappa shape index (κ2) is 12.4. The minimum Gasteiger partial charge on any atom is -0.444 e. The first kappa shape index (κ1) is 28.6. The molecule has 7 nitrogen and oxygen atoms in total. The van der Waals surface area contributed by atoms with Crippen molar-refractivity contribution in [1.29, 1.82) is 0 Å². The first-order valence-electron chi connectivity index (χ1n) is 12.2. The molecule has 2 aromatic carbocycles. The molecular formula is C29H39N3O4. The van der Waals surface area contributed by atoms with Gasteiger partial charge < -0.3 is 20.3 Å². The summed E-state index contributed by atoms with van der Waals surface area (Å²) in [6, 6.07) is 13.1. The maximum atomic E-state index is 13.9. The highest BCUT2D eigenvalue weighted by Crippen LogP contribution is 2.27. The van der Waals surface area contributed by atoms with Crippen molar-refractivity contribution >= 4 is 23.6 Å². The van der Waals surface area contributed by atoms with Crippen LogP contribution in [0.2, 0.25) is 0 Å². The Hall–Kier alpha value is -3.61. The van der Waals surface area contributed by atoms with Crippen LogP contribution in [0.3, 0.4) is 0 Å². The Balaban J connectivity index is 2.50. The van der Waals surface area contributed by atoms with Crippen LogP contribution in [0.5, 0.6) is 0 Å². The van der Waals surface area contributed by atoms with Crippen LogP contribution >= 0.6 is 0 Å². The molecule has 0 spiro atoms. The molecule has 2 rings (SSSR count). The van der Waals surface area contributed by atoms with Crippen molar-refractivity contribution in [3.8, 4) is 0 Å². The van der Waals surface area contributed by atoms with Gasteiger partial charge in [0, 0.05) is 12.2 Å². The maximum Gasteiger partial charge on any atom is 0.408 e. The molecule has 0 bridgehead atoms. The molecule has 0 radical (unpaired) electrons. The lowest BCUT2D eigenvalue weighted by molar-refractivity contribution is -0.141. The summed E-state index contributed by atoms with van der Waals surface area (Å²) in [5, 5.41) is 5.69. The summed E-state index contributed by atoms with van der Waals surface area (Å²) in [6.07, 6.45) is 0.886. The van der Waals surface area contributed by atoms with Gasteiger partial charge in [-0.1, -0.05) is 68.0 Å². The summed E-state index contributed by atoms with van der Waals surface area (Å²) in [6.45, 7) is 16.7. The SMILES string of the molecule is C=CCN(C(=O)C(NC(=O)OC(C)(C)C)C(C)C)C(C(=O)Nc1ccccc1C)c1cccc(C)c1. The van der Waals surface area contributed by atoms with Crippen molar-refractivity contribution in [2.75, 3.05) is 11.9 Å². The van der Waals surface area contributed by atoms with Gasteiger partial charge in [-0.15, -0.1) is 6.58 Å². The van der Waals surface area contributed by atoms with Crippen LogP contribution < -0.4 is 10.6 Å². The van der Waals surface area contributed by atoms with Crippen molar-refractivity contribution in [2.24, 2.45) is 5.92 Å². The molecule has 0 heterocycles. The average molecular weight is 494 g/mol. The lowest BCUT2D eigenvalue weighted by Crippen LogP contribution is -2.54. The molecular weight excluding hydrogens is 454 g/mol. The zero-order valence-corrected chi connectivity index (χ0v) is 22.4. The van der Waals surface area contributed by atoms with Crippen molar-refractivity contribution in [2.45, 2.75) is 66.2 Å². The molecule has 36 heavy (non-hydrogen) atoms. The average Bonchev–Trinajstić information content (AvgIpc) is 2.77. The van der Waals surface area contributed by atoms with Gasteiger partial charge in [0.05, 0.1) is 0 Å². The minimum atomic E-state index is -0.948. The van der Waals surface area contributed by atoms with Crippen molar-refractivity contribution in [3.05, 3.63) is 77.9 Å². The van der Waals surface area contributed by atoms with Gasteiger partial charge in [-0.25, -0.2) is 4.79 Å². The number of para-hydroxylation sites is 1. The molecule has 3 amide bonds. The van der Waals surface area contributed by atoms with Gasteiger partial charge in [0.2, 0.25) is 5.91 Å². The first-order chi connectivity index (χ1) is 16.8. The fourth-order valence-corrected chi connectivity index (χ4v) is 3.82. The van der Waals surface area contributed by atoms with Crippen LogP contribution in [0.4, 0.5) is 10.5 Å². The number of benzene rings is 2. The predicted molar refractivity (Wildman–Crippen MR) is 144 cm³/mol. The number of nitrogens with zero attached hydrogens (tertiary/aromatic N) is 1. The number of carbonyl (C=O) groups is 3. The zero-order valence-electron chi connectivity index (χ0n) is 22.4. The number of rotatable bonds is 9. The molecule has 0 aliphatic heterocycles. The first-order valence-corrected chi connectivity index (χ1v) is 12.2. The molecule has 0 fully saturated rings. The molecule has 0 aliphatic rings. The molecule has 0 saturated carbocycles. The third-order valence-corrected chi connectivity index (χ3v) is 5.53. The van der Waals surface area contributed by atoms with Crippen molar-refractivity contribution in [1.82, 2.24) is 10.2 Å². The van der Waals surface area contributed by atoms with E-state index in [2.05, 4.69) is 17.2 Å². The van der Waals surface area contributed by atoms with E-state index in [9.17, 15) is 14.4 Å². The highest BCUT2D eigenvalue weighted by molar-refractivity contribution is 5.99. The van der Waals surface area contributed by atoms with E-state index in [4.69, 9.17) is 4.74 Å². The van der Waals surface area contributed by atoms with Crippen molar-refractivity contribution in [3.63, 3.8) is 0 Å². The van der Waals surface area contributed by atoms with Gasteiger partial charge in [0.1, 0.15) is 17.7 Å². The van der Waals surface area contributed by atoms with E-state index in [1.807, 2.05) is 76.2 Å². The standard InChI is InChI=1S/C29H39N3O4/c1-9-17-32(27(34)24(19(2)3)31-28(35)36-29(6,7)8)25(22-15-12-13-20(4)18-22)26(33)30-23-16-11-10-14-21(23)5/h9-16,18-19,24-25H,1,17H2,2-8H3,(H,30,33)(H,31,35). The summed E-state index contributed by atoms with van der Waals surface area (Å²) < 4.78 is 5.39. The summed E-state index contributed by atoms with van der Waals surface area (Å²) in [7, 11) is 0. The number of anilines is 1. The molecule has 194 valence electrons. The minimum absolute atomic E-state index is 0.109. The Morgan fingerprint density at radius 1 is 1.06 bits per heavy atom. The van der Waals surface area contributed by atoms with E-state index >= 15 is 0 Å². The topological polar surface area (TPSA) is 87.7 Å². The Bertz CT molecular complexity index is 1090. The van der Waals surface area contributed by atoms with Crippen molar-refractivity contribution < 1.29 is 19.1 Å². The second-order valence-corrected chi connectivity index (χ2v) is 10.3. The molecule has 0 aromatic heterocycles. The van der Waals surface area contributed by atoms with Crippen LogP contribution in [0, 0.1) is 19.8 Å². The van der Waals surface area contributed by atoms with E-state index < -0.39 is 29.7 Å². The monoisotopic (exact) mass is 493 g/mol. The van der Waals surface area contributed by atoms with Crippen LogP contribution in [-0.4, -0.2) is 41.0 Å². The molecule has 0 aliphatic carbocycles. The number of carbonyl (C=O) groups excluding carboxylic acids is 3. The number of amides is 3. The highest BCUT2D eigenvalue weighted by atomic mass is 16.6. The Kier molecular flexibility index (Phi) is 9.84. The summed E-state index contributed by atoms with van der Waals surface area (Å²) in [4.78, 5) is 41.7. The van der Waals surface area contributed by atoms with Gasteiger partial charge in [-0.3, -0.25) is 9.59 Å². The largest absolute Gasteiger partial charge is 0.444 e. The summed E-state index contributed by atoms with van der Waals surface area (Å²) in [5.74, 6) is -1.01. The molecule has 2 aromatic rings. The summed E-state index contributed by atoms with van der Waals surface area (Å²) in [5.41, 5.74) is 2.48. The third-order valence-electron chi connectivity index (χ3n) is 5.53. The highest BCUT2D eigenvalue weighted by Gasteiger charge is 2.37. The van der Waals surface area contributed by atoms with E-state index in [1.165, 1.54) is 4.90 Å². The molecule has 2 N–H and O–H groups in total. The lowest BCUT2D eigenvalue weighted by Gasteiger charge is -2.35. The van der Waals surface area contributed by atoms with E-state index in [0.29, 0.717) is 11.3 Å². The number of hydrogen-bond acceptors (Lipinski definition) is 4. The number of aryl methyl sites for hydroxylation is 2. The van der Waals surface area contributed by atoms with Gasteiger partial charge in [-0.2, -0.15) is 0 Å². The molecule has 2 unspecified atom stereocenters. The van der Waals surface area contributed by atoms with E-state index in [-0.39, 0.29) is 18.4 Å².